The minimum absolute atomic E-state index is 0.0124. The summed E-state index contributed by atoms with van der Waals surface area (Å²) in [5, 5.41) is 4.20. The third kappa shape index (κ3) is 4.18. The lowest BCUT2D eigenvalue weighted by molar-refractivity contribution is 0.184. The Bertz CT molecular complexity index is 682. The Morgan fingerprint density at radius 2 is 2.09 bits per heavy atom. The van der Waals surface area contributed by atoms with E-state index in [0.29, 0.717) is 18.5 Å². The van der Waals surface area contributed by atoms with E-state index in [4.69, 9.17) is 9.72 Å². The monoisotopic (exact) mass is 317 g/mol. The van der Waals surface area contributed by atoms with Crippen LogP contribution in [0, 0.1) is 0 Å². The maximum absolute atomic E-state index is 12.8. The van der Waals surface area contributed by atoms with Gasteiger partial charge >= 0.3 is 0 Å². The van der Waals surface area contributed by atoms with Gasteiger partial charge in [0.05, 0.1) is 30.1 Å². The van der Waals surface area contributed by atoms with E-state index in [9.17, 15) is 4.79 Å². The third-order valence-corrected chi connectivity index (χ3v) is 4.05. The lowest BCUT2D eigenvalue weighted by Gasteiger charge is -2.21. The molecule has 0 spiro atoms. The second-order valence-corrected chi connectivity index (χ2v) is 5.71. The summed E-state index contributed by atoms with van der Waals surface area (Å²) in [5.74, 6) is 0.810. The molecular weight excluding hydrogens is 290 g/mol. The van der Waals surface area contributed by atoms with Crippen LogP contribution in [0.25, 0.3) is 10.9 Å². The van der Waals surface area contributed by atoms with Gasteiger partial charge in [0.15, 0.2) is 0 Å². The molecule has 1 aromatic heterocycles. The van der Waals surface area contributed by atoms with Crippen molar-refractivity contribution in [2.45, 2.75) is 45.7 Å². The number of nitrogens with one attached hydrogen (secondary N) is 1. The van der Waals surface area contributed by atoms with E-state index >= 15 is 0 Å². The summed E-state index contributed by atoms with van der Waals surface area (Å²) in [7, 11) is 1.65. The Hall–Kier alpha value is -1.72. The van der Waals surface area contributed by atoms with Crippen molar-refractivity contribution in [2.24, 2.45) is 0 Å². The van der Waals surface area contributed by atoms with Gasteiger partial charge in [0, 0.05) is 7.11 Å². The zero-order chi connectivity index (χ0) is 16.7. The molecule has 1 atom stereocenters. The van der Waals surface area contributed by atoms with E-state index < -0.39 is 0 Å². The van der Waals surface area contributed by atoms with E-state index in [1.54, 1.807) is 11.7 Å². The van der Waals surface area contributed by atoms with Gasteiger partial charge in [-0.3, -0.25) is 9.36 Å². The molecule has 2 aromatic rings. The van der Waals surface area contributed by atoms with E-state index in [1.165, 1.54) is 0 Å². The van der Waals surface area contributed by atoms with Gasteiger partial charge in [-0.15, -0.1) is 0 Å². The molecule has 0 aliphatic heterocycles. The van der Waals surface area contributed by atoms with Gasteiger partial charge < -0.3 is 10.1 Å². The fourth-order valence-corrected chi connectivity index (χ4v) is 2.72. The summed E-state index contributed by atoms with van der Waals surface area (Å²) in [6.45, 7) is 6.24. The smallest absolute Gasteiger partial charge is 0.261 e. The Kier molecular flexibility index (Phi) is 6.74. The molecular formula is C18H27N3O2. The van der Waals surface area contributed by atoms with Crippen molar-refractivity contribution in [3.8, 4) is 0 Å². The predicted octanol–water partition coefficient (Wildman–Crippen LogP) is 2.88. The summed E-state index contributed by atoms with van der Waals surface area (Å²) in [6, 6.07) is 7.62. The highest BCUT2D eigenvalue weighted by atomic mass is 16.5. The van der Waals surface area contributed by atoms with Crippen molar-refractivity contribution in [2.75, 3.05) is 20.3 Å². The van der Waals surface area contributed by atoms with Crippen LogP contribution in [0.4, 0.5) is 0 Å². The zero-order valence-electron chi connectivity index (χ0n) is 14.3. The van der Waals surface area contributed by atoms with Gasteiger partial charge in [-0.05, 0) is 31.5 Å². The quantitative estimate of drug-likeness (QED) is 0.723. The lowest BCUT2D eigenvalue weighted by Crippen LogP contribution is -2.33. The van der Waals surface area contributed by atoms with Crippen molar-refractivity contribution in [3.05, 3.63) is 40.4 Å². The largest absolute Gasteiger partial charge is 0.383 e. The van der Waals surface area contributed by atoms with Gasteiger partial charge in [-0.1, -0.05) is 32.4 Å². The third-order valence-electron chi connectivity index (χ3n) is 4.05. The molecule has 1 heterocycles. The second kappa shape index (κ2) is 8.79. The van der Waals surface area contributed by atoms with Crippen molar-refractivity contribution < 1.29 is 4.74 Å². The molecule has 0 aliphatic rings. The summed E-state index contributed by atoms with van der Waals surface area (Å²) in [5.41, 5.74) is 0.773. The van der Waals surface area contributed by atoms with Crippen LogP contribution < -0.4 is 10.9 Å². The van der Waals surface area contributed by atoms with Crippen molar-refractivity contribution in [3.63, 3.8) is 0 Å². The van der Waals surface area contributed by atoms with Gasteiger partial charge in [0.25, 0.3) is 5.56 Å². The normalized spacial score (nSPS) is 12.7. The Morgan fingerprint density at radius 1 is 1.30 bits per heavy atom. The van der Waals surface area contributed by atoms with Crippen molar-refractivity contribution in [1.82, 2.24) is 14.9 Å². The standard InChI is InChI=1S/C18H27N3O2/c1-4-6-11-19-15(5-2)17-20-16-10-8-7-9-14(16)18(22)21(17)12-13-23-3/h7-10,15,19H,4-6,11-13H2,1-3H3/t15-/m0/s1. The molecule has 0 saturated heterocycles. The fourth-order valence-electron chi connectivity index (χ4n) is 2.72. The van der Waals surface area contributed by atoms with Crippen LogP contribution in [0.2, 0.25) is 0 Å². The highest BCUT2D eigenvalue weighted by Crippen LogP contribution is 2.17. The molecule has 0 radical (unpaired) electrons. The summed E-state index contributed by atoms with van der Waals surface area (Å²) >= 11 is 0. The molecule has 1 N–H and O–H groups in total. The summed E-state index contributed by atoms with van der Waals surface area (Å²) in [4.78, 5) is 17.6. The number of ether oxygens (including phenoxy) is 1. The molecule has 0 fully saturated rings. The number of benzene rings is 1. The number of unbranched alkanes of at least 4 members (excludes halogenated alkanes) is 1. The number of methoxy groups -OCH3 is 1. The van der Waals surface area contributed by atoms with Crippen LogP contribution in [-0.2, 0) is 11.3 Å². The molecule has 0 bridgehead atoms. The Balaban J connectivity index is 2.47. The van der Waals surface area contributed by atoms with E-state index in [1.807, 2.05) is 24.3 Å². The molecule has 126 valence electrons. The molecule has 5 nitrogen and oxygen atoms in total. The van der Waals surface area contributed by atoms with E-state index in [-0.39, 0.29) is 11.6 Å². The summed E-state index contributed by atoms with van der Waals surface area (Å²) < 4.78 is 6.93. The maximum atomic E-state index is 12.8. The highest BCUT2D eigenvalue weighted by molar-refractivity contribution is 5.77. The number of aromatic nitrogens is 2. The van der Waals surface area contributed by atoms with Crippen LogP contribution >= 0.6 is 0 Å². The Morgan fingerprint density at radius 3 is 2.78 bits per heavy atom. The van der Waals surface area contributed by atoms with Gasteiger partial charge in [-0.25, -0.2) is 4.98 Å². The first-order chi connectivity index (χ1) is 11.2. The molecule has 0 unspecified atom stereocenters. The van der Waals surface area contributed by atoms with Crippen LogP contribution in [0.15, 0.2) is 29.1 Å². The van der Waals surface area contributed by atoms with Gasteiger partial charge in [0.1, 0.15) is 5.82 Å². The van der Waals surface area contributed by atoms with E-state index in [0.717, 1.165) is 37.1 Å². The number of nitrogens with zero attached hydrogens (tertiary/aromatic N) is 2. The number of rotatable bonds is 9. The minimum Gasteiger partial charge on any atom is -0.383 e. The van der Waals surface area contributed by atoms with E-state index in [2.05, 4.69) is 19.2 Å². The van der Waals surface area contributed by atoms with Crippen LogP contribution in [0.3, 0.4) is 0 Å². The maximum Gasteiger partial charge on any atom is 0.261 e. The average Bonchev–Trinajstić information content (AvgIpc) is 2.58. The molecule has 23 heavy (non-hydrogen) atoms. The van der Waals surface area contributed by atoms with Crippen LogP contribution in [0.5, 0.6) is 0 Å². The number of para-hydroxylation sites is 1. The molecule has 2 rings (SSSR count). The summed E-state index contributed by atoms with van der Waals surface area (Å²) in [6.07, 6.45) is 3.15. The first kappa shape index (κ1) is 17.6. The van der Waals surface area contributed by atoms with Crippen molar-refractivity contribution in [1.29, 1.82) is 0 Å². The predicted molar refractivity (Wildman–Crippen MR) is 93.8 cm³/mol. The molecule has 5 heteroatoms. The van der Waals surface area contributed by atoms with Gasteiger partial charge in [-0.2, -0.15) is 0 Å². The first-order valence-corrected chi connectivity index (χ1v) is 8.44. The zero-order valence-corrected chi connectivity index (χ0v) is 14.3. The molecule has 0 amide bonds. The first-order valence-electron chi connectivity index (χ1n) is 8.44. The topological polar surface area (TPSA) is 56.2 Å². The average molecular weight is 317 g/mol. The number of fused-ring (bicyclic) bond motifs is 1. The molecule has 1 aromatic carbocycles. The fraction of sp³-hybridized carbons (Fsp3) is 0.556. The number of hydrogen-bond donors (Lipinski definition) is 1. The highest BCUT2D eigenvalue weighted by Gasteiger charge is 2.18. The SMILES string of the molecule is CCCCN[C@@H](CC)c1nc2ccccc2c(=O)n1CCOC. The molecule has 0 aliphatic carbocycles. The molecule has 0 saturated carbocycles. The van der Waals surface area contributed by atoms with Crippen molar-refractivity contribution >= 4 is 10.9 Å². The number of hydrogen-bond acceptors (Lipinski definition) is 4. The minimum atomic E-state index is 0.0124. The second-order valence-electron chi connectivity index (χ2n) is 5.71. The Labute approximate surface area is 137 Å². The van der Waals surface area contributed by atoms with Crippen LogP contribution in [0.1, 0.15) is 45.0 Å². The van der Waals surface area contributed by atoms with Crippen LogP contribution in [-0.4, -0.2) is 29.8 Å². The lowest BCUT2D eigenvalue weighted by atomic mass is 10.1. The van der Waals surface area contributed by atoms with Gasteiger partial charge in [0.2, 0.25) is 0 Å².